The molecule has 1 spiro atoms. The molecule has 2 N–H and O–H groups in total. The molecule has 1 aromatic heterocycles. The Morgan fingerprint density at radius 3 is 2.75 bits per heavy atom. The third-order valence-corrected chi connectivity index (χ3v) is 7.66. The Balaban J connectivity index is 1.33. The predicted molar refractivity (Wildman–Crippen MR) is 90.4 cm³/mol. The van der Waals surface area contributed by atoms with Crippen molar-refractivity contribution in [1.29, 1.82) is 0 Å². The summed E-state index contributed by atoms with van der Waals surface area (Å²) in [6, 6.07) is -0.0813. The van der Waals surface area contributed by atoms with Crippen LogP contribution in [0, 0.1) is 0 Å². The Morgan fingerprint density at radius 2 is 2.04 bits per heavy atom. The number of sulfonamides is 1. The zero-order valence-electron chi connectivity index (χ0n) is 13.7. The van der Waals surface area contributed by atoms with E-state index in [1.807, 2.05) is 0 Å². The van der Waals surface area contributed by atoms with E-state index < -0.39 is 14.8 Å². The van der Waals surface area contributed by atoms with E-state index in [2.05, 4.69) is 20.0 Å². The van der Waals surface area contributed by atoms with Crippen LogP contribution in [0.2, 0.25) is 0 Å². The predicted octanol–water partition coefficient (Wildman–Crippen LogP) is 1.82. The molecule has 2 aliphatic carbocycles. The summed E-state index contributed by atoms with van der Waals surface area (Å²) in [4.78, 5) is 8.62. The van der Waals surface area contributed by atoms with Crippen LogP contribution in [-0.2, 0) is 10.0 Å². The van der Waals surface area contributed by atoms with Gasteiger partial charge in [0, 0.05) is 12.6 Å². The van der Waals surface area contributed by atoms with Crippen LogP contribution >= 0.6 is 0 Å². The van der Waals surface area contributed by atoms with Crippen LogP contribution in [0.1, 0.15) is 51.4 Å². The third kappa shape index (κ3) is 3.21. The Hall–Kier alpha value is -1.41. The monoisotopic (exact) mass is 352 g/mol. The minimum absolute atomic E-state index is 0.0813. The van der Waals surface area contributed by atoms with Crippen LogP contribution < -0.4 is 14.8 Å². The number of nitrogens with one attached hydrogen (secondary N) is 2. The highest BCUT2D eigenvalue weighted by Crippen LogP contribution is 2.50. The fourth-order valence-electron chi connectivity index (χ4n) is 3.74. The molecule has 0 aromatic carbocycles. The lowest BCUT2D eigenvalue weighted by atomic mass is 9.98. The van der Waals surface area contributed by atoms with E-state index in [-0.39, 0.29) is 12.1 Å². The van der Waals surface area contributed by atoms with Crippen LogP contribution in [-0.4, -0.2) is 41.8 Å². The number of hydrogen-bond donors (Lipinski definition) is 2. The van der Waals surface area contributed by atoms with E-state index in [4.69, 9.17) is 4.74 Å². The summed E-state index contributed by atoms with van der Waals surface area (Å²) in [7, 11) is -3.15. The number of hydrogen-bond acceptors (Lipinski definition) is 6. The zero-order chi connectivity index (χ0) is 16.6. The highest BCUT2D eigenvalue weighted by atomic mass is 32.2. The second-order valence-corrected chi connectivity index (χ2v) is 9.32. The van der Waals surface area contributed by atoms with Gasteiger partial charge >= 0.3 is 0 Å². The molecule has 3 aliphatic rings. The van der Waals surface area contributed by atoms with Gasteiger partial charge in [0.2, 0.25) is 15.9 Å². The van der Waals surface area contributed by atoms with Gasteiger partial charge in [-0.3, -0.25) is 4.98 Å². The summed E-state index contributed by atoms with van der Waals surface area (Å²) in [5, 5.41) is 3.19. The minimum Gasteiger partial charge on any atom is -0.473 e. The van der Waals surface area contributed by atoms with Gasteiger partial charge in [0.25, 0.3) is 0 Å². The van der Waals surface area contributed by atoms with Gasteiger partial charge in [0.1, 0.15) is 11.9 Å². The van der Waals surface area contributed by atoms with Crippen molar-refractivity contribution in [3.05, 3.63) is 12.4 Å². The number of nitrogens with zero attached hydrogens (tertiary/aromatic N) is 2. The highest BCUT2D eigenvalue weighted by Gasteiger charge is 2.60. The normalized spacial score (nSPS) is 27.9. The molecule has 8 heteroatoms. The molecular weight excluding hydrogens is 328 g/mol. The average molecular weight is 352 g/mol. The summed E-state index contributed by atoms with van der Waals surface area (Å²) < 4.78 is 32.3. The summed E-state index contributed by atoms with van der Waals surface area (Å²) in [5.41, 5.74) is 0. The van der Waals surface area contributed by atoms with E-state index in [1.54, 1.807) is 12.4 Å². The molecule has 0 radical (unpaired) electrons. The number of ether oxygens (including phenoxy) is 1. The summed E-state index contributed by atoms with van der Waals surface area (Å²) in [5.74, 6) is 1.16. The van der Waals surface area contributed by atoms with Crippen molar-refractivity contribution in [1.82, 2.24) is 14.7 Å². The molecule has 0 bridgehead atoms. The van der Waals surface area contributed by atoms with Gasteiger partial charge in [-0.2, -0.15) is 4.98 Å². The summed E-state index contributed by atoms with van der Waals surface area (Å²) in [6.45, 7) is 0.516. The van der Waals surface area contributed by atoms with Crippen LogP contribution in [0.3, 0.4) is 0 Å². The molecule has 2 heterocycles. The fourth-order valence-corrected chi connectivity index (χ4v) is 5.66. The molecule has 1 aliphatic heterocycles. The molecular formula is C16H24N4O3S. The van der Waals surface area contributed by atoms with E-state index in [0.29, 0.717) is 24.7 Å². The summed E-state index contributed by atoms with van der Waals surface area (Å²) in [6.07, 6.45) is 11.6. The lowest BCUT2D eigenvalue weighted by molar-refractivity contribution is 0.148. The lowest BCUT2D eigenvalue weighted by Gasteiger charge is -2.22. The molecule has 132 valence electrons. The Morgan fingerprint density at radius 1 is 1.25 bits per heavy atom. The minimum atomic E-state index is -3.15. The molecule has 1 unspecified atom stereocenters. The maximum atomic E-state index is 12.1. The first kappa shape index (κ1) is 16.1. The largest absolute Gasteiger partial charge is 0.473 e. The second-order valence-electron chi connectivity index (χ2n) is 7.21. The van der Waals surface area contributed by atoms with Gasteiger partial charge < -0.3 is 10.1 Å². The van der Waals surface area contributed by atoms with Crippen LogP contribution in [0.25, 0.3) is 0 Å². The molecule has 4 rings (SSSR count). The molecule has 2 saturated carbocycles. The SMILES string of the molecule is O=S1(=O)NC(CNc2cncc(OC3CCCCC3)n2)CC12CC2. The summed E-state index contributed by atoms with van der Waals surface area (Å²) >= 11 is 0. The molecule has 1 saturated heterocycles. The maximum Gasteiger partial charge on any atom is 0.234 e. The van der Waals surface area contributed by atoms with E-state index in [1.165, 1.54) is 19.3 Å². The van der Waals surface area contributed by atoms with E-state index >= 15 is 0 Å². The molecule has 7 nitrogen and oxygen atoms in total. The second kappa shape index (κ2) is 6.15. The highest BCUT2D eigenvalue weighted by molar-refractivity contribution is 7.91. The third-order valence-electron chi connectivity index (χ3n) is 5.30. The molecule has 3 fully saturated rings. The first-order valence-electron chi connectivity index (χ1n) is 8.81. The standard InChI is InChI=1S/C16H24N4O3S/c21-24(22)16(6-7-16)8-12(20-24)9-18-14-10-17-11-15(19-14)23-13-4-2-1-3-5-13/h10-13,20H,1-9H2,(H,18,19). The van der Waals surface area contributed by atoms with Gasteiger partial charge in [-0.25, -0.2) is 13.1 Å². The van der Waals surface area contributed by atoms with E-state index in [0.717, 1.165) is 25.7 Å². The quantitative estimate of drug-likeness (QED) is 0.840. The van der Waals surface area contributed by atoms with Crippen LogP contribution in [0.4, 0.5) is 5.82 Å². The molecule has 24 heavy (non-hydrogen) atoms. The van der Waals surface area contributed by atoms with Crippen molar-refractivity contribution in [3.8, 4) is 5.88 Å². The maximum absolute atomic E-state index is 12.1. The average Bonchev–Trinajstić information content (AvgIpc) is 3.30. The first-order valence-corrected chi connectivity index (χ1v) is 10.3. The van der Waals surface area contributed by atoms with Crippen molar-refractivity contribution in [2.75, 3.05) is 11.9 Å². The number of aromatic nitrogens is 2. The number of anilines is 1. The topological polar surface area (TPSA) is 93.2 Å². The van der Waals surface area contributed by atoms with Gasteiger partial charge in [-0.1, -0.05) is 6.42 Å². The first-order chi connectivity index (χ1) is 11.6. The van der Waals surface area contributed by atoms with Gasteiger partial charge in [-0.15, -0.1) is 0 Å². The Kier molecular flexibility index (Phi) is 4.12. The van der Waals surface area contributed by atoms with Crippen molar-refractivity contribution >= 4 is 15.8 Å². The van der Waals surface area contributed by atoms with Gasteiger partial charge in [0.15, 0.2) is 0 Å². The molecule has 1 aromatic rings. The Bertz CT molecular complexity index is 699. The molecule has 1 atom stereocenters. The smallest absolute Gasteiger partial charge is 0.234 e. The van der Waals surface area contributed by atoms with Gasteiger partial charge in [-0.05, 0) is 44.9 Å². The van der Waals surface area contributed by atoms with Crippen molar-refractivity contribution in [2.24, 2.45) is 0 Å². The van der Waals surface area contributed by atoms with Crippen LogP contribution in [0.15, 0.2) is 12.4 Å². The fraction of sp³-hybridized carbons (Fsp3) is 0.750. The van der Waals surface area contributed by atoms with Crippen molar-refractivity contribution < 1.29 is 13.2 Å². The van der Waals surface area contributed by atoms with Gasteiger partial charge in [0.05, 0.1) is 17.1 Å². The number of rotatable bonds is 5. The molecule has 0 amide bonds. The van der Waals surface area contributed by atoms with Crippen molar-refractivity contribution in [3.63, 3.8) is 0 Å². The Labute approximate surface area is 142 Å². The lowest BCUT2D eigenvalue weighted by Crippen LogP contribution is -2.32. The zero-order valence-corrected chi connectivity index (χ0v) is 14.5. The van der Waals surface area contributed by atoms with Crippen LogP contribution in [0.5, 0.6) is 5.88 Å². The van der Waals surface area contributed by atoms with E-state index in [9.17, 15) is 8.42 Å². The van der Waals surface area contributed by atoms with Crippen molar-refractivity contribution in [2.45, 2.75) is 68.3 Å².